The van der Waals surface area contributed by atoms with E-state index in [2.05, 4.69) is 29.1 Å². The molecule has 40 heavy (non-hydrogen) atoms. The first-order valence-corrected chi connectivity index (χ1v) is 14.0. The summed E-state index contributed by atoms with van der Waals surface area (Å²) in [7, 11) is 0. The SMILES string of the molecule is C=C(C)C(=O)CCCCC[C@H](NC(=O)OC(C)(C)C)C(=O)N[C@@H](CCCCNC(=O)C(=C)C)C(=O)OC(C)(C)C. The number of Topliss-reactive ketones (excluding diaryl/α,β-unsaturated/α-hetero) is 1. The van der Waals surface area contributed by atoms with Gasteiger partial charge in [-0.1, -0.05) is 26.0 Å². The standard InChI is InChI=1S/C30H51N3O7/c1-20(2)24(34)18-13-11-12-16-22(33-28(38)40-30(8,9)10)26(36)32-23(27(37)39-29(5,6)7)17-14-15-19-31-25(35)21(3)4/h22-23H,1,3,11-19H2,2,4-10H3,(H,31,35)(H,32,36)(H,33,38)/t22-,23-/m0/s1. The summed E-state index contributed by atoms with van der Waals surface area (Å²) in [6.45, 7) is 21.3. The third-order valence-electron chi connectivity index (χ3n) is 5.48. The summed E-state index contributed by atoms with van der Waals surface area (Å²) in [5.74, 6) is -1.35. The molecule has 0 aliphatic carbocycles. The Labute approximate surface area is 240 Å². The number of unbranched alkanes of at least 4 members (excludes halogenated alkanes) is 3. The van der Waals surface area contributed by atoms with Crippen molar-refractivity contribution in [3.63, 3.8) is 0 Å². The van der Waals surface area contributed by atoms with Gasteiger partial charge in [-0.25, -0.2) is 9.59 Å². The Kier molecular flexibility index (Phi) is 16.1. The van der Waals surface area contributed by atoms with Crippen molar-refractivity contribution >= 4 is 29.7 Å². The summed E-state index contributed by atoms with van der Waals surface area (Å²) in [6, 6.07) is -1.90. The minimum Gasteiger partial charge on any atom is -0.458 e. The van der Waals surface area contributed by atoms with Gasteiger partial charge in [-0.15, -0.1) is 0 Å². The zero-order chi connectivity index (χ0) is 31.1. The average molecular weight is 566 g/mol. The number of hydrogen-bond acceptors (Lipinski definition) is 7. The molecular formula is C30H51N3O7. The van der Waals surface area contributed by atoms with Crippen LogP contribution in [0.15, 0.2) is 24.3 Å². The summed E-state index contributed by atoms with van der Waals surface area (Å²) < 4.78 is 10.9. The number of carbonyl (C=O) groups excluding carboxylic acids is 5. The third-order valence-corrected chi connectivity index (χ3v) is 5.48. The molecule has 0 bridgehead atoms. The molecule has 0 saturated heterocycles. The molecule has 228 valence electrons. The molecule has 0 aromatic heterocycles. The summed E-state index contributed by atoms with van der Waals surface area (Å²) >= 11 is 0. The van der Waals surface area contributed by atoms with Crippen molar-refractivity contribution in [2.45, 2.75) is 130 Å². The molecule has 0 radical (unpaired) electrons. The predicted molar refractivity (Wildman–Crippen MR) is 156 cm³/mol. The van der Waals surface area contributed by atoms with Gasteiger partial charge in [0.25, 0.3) is 0 Å². The van der Waals surface area contributed by atoms with Crippen molar-refractivity contribution in [3.05, 3.63) is 24.3 Å². The van der Waals surface area contributed by atoms with E-state index in [0.29, 0.717) is 62.6 Å². The maximum atomic E-state index is 13.3. The van der Waals surface area contributed by atoms with E-state index in [9.17, 15) is 24.0 Å². The van der Waals surface area contributed by atoms with Crippen LogP contribution >= 0.6 is 0 Å². The smallest absolute Gasteiger partial charge is 0.408 e. The van der Waals surface area contributed by atoms with Crippen molar-refractivity contribution in [2.24, 2.45) is 0 Å². The van der Waals surface area contributed by atoms with Crippen LogP contribution in [-0.2, 0) is 28.7 Å². The number of esters is 1. The molecule has 0 spiro atoms. The zero-order valence-electron chi connectivity index (χ0n) is 25.8. The number of allylic oxidation sites excluding steroid dienone is 1. The van der Waals surface area contributed by atoms with Crippen LogP contribution in [0.2, 0.25) is 0 Å². The van der Waals surface area contributed by atoms with Gasteiger partial charge in [-0.3, -0.25) is 14.4 Å². The highest BCUT2D eigenvalue weighted by atomic mass is 16.6. The topological polar surface area (TPSA) is 140 Å². The molecule has 3 N–H and O–H groups in total. The highest BCUT2D eigenvalue weighted by Gasteiger charge is 2.30. The van der Waals surface area contributed by atoms with Crippen LogP contribution < -0.4 is 16.0 Å². The Hall–Kier alpha value is -3.17. The highest BCUT2D eigenvalue weighted by molar-refractivity contribution is 5.94. The predicted octanol–water partition coefficient (Wildman–Crippen LogP) is 4.66. The molecule has 0 aliphatic heterocycles. The van der Waals surface area contributed by atoms with E-state index >= 15 is 0 Å². The van der Waals surface area contributed by atoms with Crippen molar-refractivity contribution in [1.82, 2.24) is 16.0 Å². The second-order valence-electron chi connectivity index (χ2n) is 12.1. The van der Waals surface area contributed by atoms with E-state index in [0.717, 1.165) is 0 Å². The van der Waals surface area contributed by atoms with Gasteiger partial charge in [0, 0.05) is 18.5 Å². The molecule has 10 heteroatoms. The number of amides is 3. The van der Waals surface area contributed by atoms with Crippen LogP contribution in [0.3, 0.4) is 0 Å². The minimum atomic E-state index is -0.952. The lowest BCUT2D eigenvalue weighted by Gasteiger charge is -2.27. The maximum Gasteiger partial charge on any atom is 0.408 e. The maximum absolute atomic E-state index is 13.3. The van der Waals surface area contributed by atoms with Crippen molar-refractivity contribution in [1.29, 1.82) is 0 Å². The number of carbonyl (C=O) groups is 5. The van der Waals surface area contributed by atoms with Crippen molar-refractivity contribution in [3.8, 4) is 0 Å². The number of ether oxygens (including phenoxy) is 2. The first kappa shape index (κ1) is 36.8. The van der Waals surface area contributed by atoms with E-state index in [1.807, 2.05) is 0 Å². The van der Waals surface area contributed by atoms with Crippen LogP contribution in [0.1, 0.15) is 107 Å². The Morgan fingerprint density at radius 1 is 0.700 bits per heavy atom. The molecule has 0 aromatic rings. The van der Waals surface area contributed by atoms with Gasteiger partial charge in [-0.05, 0) is 93.1 Å². The van der Waals surface area contributed by atoms with Gasteiger partial charge in [0.2, 0.25) is 11.8 Å². The number of ketones is 1. The summed E-state index contributed by atoms with van der Waals surface area (Å²) in [6.07, 6.45) is 3.19. The molecule has 0 heterocycles. The molecule has 0 aliphatic rings. The largest absolute Gasteiger partial charge is 0.458 e. The lowest BCUT2D eigenvalue weighted by atomic mass is 10.0. The zero-order valence-corrected chi connectivity index (χ0v) is 25.8. The number of rotatable bonds is 17. The van der Waals surface area contributed by atoms with Gasteiger partial charge in [0.1, 0.15) is 23.3 Å². The summed E-state index contributed by atoms with van der Waals surface area (Å²) in [4.78, 5) is 62.2. The van der Waals surface area contributed by atoms with Gasteiger partial charge in [0.05, 0.1) is 0 Å². The van der Waals surface area contributed by atoms with E-state index in [1.165, 1.54) is 0 Å². The molecule has 0 aromatic carbocycles. The quantitative estimate of drug-likeness (QED) is 0.132. The number of alkyl carbamates (subject to hydrolysis) is 1. The Morgan fingerprint density at radius 2 is 1.25 bits per heavy atom. The van der Waals surface area contributed by atoms with Crippen LogP contribution in [0.4, 0.5) is 4.79 Å². The normalized spacial score (nSPS) is 12.9. The van der Waals surface area contributed by atoms with E-state index in [1.54, 1.807) is 55.4 Å². The fourth-order valence-corrected chi connectivity index (χ4v) is 3.46. The fraction of sp³-hybridized carbons (Fsp3) is 0.700. The Bertz CT molecular complexity index is 913. The fourth-order valence-electron chi connectivity index (χ4n) is 3.46. The lowest BCUT2D eigenvalue weighted by molar-refractivity contribution is -0.159. The minimum absolute atomic E-state index is 0.000526. The van der Waals surface area contributed by atoms with Crippen LogP contribution in [0, 0.1) is 0 Å². The third kappa shape index (κ3) is 18.2. The molecular weight excluding hydrogens is 514 g/mol. The Balaban J connectivity index is 5.40. The summed E-state index contributed by atoms with van der Waals surface area (Å²) in [5, 5.41) is 8.11. The second-order valence-corrected chi connectivity index (χ2v) is 12.1. The highest BCUT2D eigenvalue weighted by Crippen LogP contribution is 2.14. The summed E-state index contributed by atoms with van der Waals surface area (Å²) in [5.41, 5.74) is -0.600. The van der Waals surface area contributed by atoms with Crippen molar-refractivity contribution in [2.75, 3.05) is 6.54 Å². The lowest BCUT2D eigenvalue weighted by Crippen LogP contribution is -2.53. The van der Waals surface area contributed by atoms with E-state index < -0.39 is 41.3 Å². The van der Waals surface area contributed by atoms with Crippen LogP contribution in [-0.4, -0.2) is 59.5 Å². The number of nitrogens with one attached hydrogen (secondary N) is 3. The first-order chi connectivity index (χ1) is 18.3. The molecule has 0 saturated carbocycles. The molecule has 10 nitrogen and oxygen atoms in total. The monoisotopic (exact) mass is 565 g/mol. The van der Waals surface area contributed by atoms with Crippen molar-refractivity contribution < 1.29 is 33.4 Å². The van der Waals surface area contributed by atoms with Crippen LogP contribution in [0.25, 0.3) is 0 Å². The molecule has 0 rings (SSSR count). The van der Waals surface area contributed by atoms with Gasteiger partial charge in [0.15, 0.2) is 5.78 Å². The van der Waals surface area contributed by atoms with Crippen LogP contribution in [0.5, 0.6) is 0 Å². The van der Waals surface area contributed by atoms with Gasteiger partial charge < -0.3 is 25.4 Å². The Morgan fingerprint density at radius 3 is 1.77 bits per heavy atom. The molecule has 0 unspecified atom stereocenters. The first-order valence-electron chi connectivity index (χ1n) is 14.0. The van der Waals surface area contributed by atoms with Gasteiger partial charge >= 0.3 is 12.1 Å². The number of hydrogen-bond donors (Lipinski definition) is 3. The van der Waals surface area contributed by atoms with E-state index in [-0.39, 0.29) is 18.1 Å². The molecule has 3 amide bonds. The van der Waals surface area contributed by atoms with E-state index in [4.69, 9.17) is 9.47 Å². The molecule has 0 fully saturated rings. The average Bonchev–Trinajstić information content (AvgIpc) is 2.79. The second kappa shape index (κ2) is 17.5. The van der Waals surface area contributed by atoms with Gasteiger partial charge in [-0.2, -0.15) is 0 Å². The molecule has 2 atom stereocenters.